The number of aromatic nitrogens is 1. The van der Waals surface area contributed by atoms with Gasteiger partial charge in [-0.3, -0.25) is 4.98 Å². The minimum Gasteiger partial charge on any atom is -0.252 e. The molecule has 1 nitrogen and oxygen atoms in total. The Bertz CT molecular complexity index is 1190. The van der Waals surface area contributed by atoms with Crippen molar-refractivity contribution in [3.63, 3.8) is 0 Å². The number of hydrogen-bond donors (Lipinski definition) is 0. The summed E-state index contributed by atoms with van der Waals surface area (Å²) in [4.78, 5) is 5.05. The SMILES string of the molecule is C=C(C)c1c(C)nc(-c2ccccc2)c2c1-c1cccc3cccc-2c13. The number of allylic oxidation sites excluding steroid dienone is 1. The molecule has 0 radical (unpaired) electrons. The number of nitrogens with zero attached hydrogens (tertiary/aromatic N) is 1. The molecule has 0 atom stereocenters. The topological polar surface area (TPSA) is 12.9 Å². The third-order valence-electron chi connectivity index (χ3n) is 5.30. The first kappa shape index (κ1) is 15.1. The number of aryl methyl sites for hydroxylation is 1. The normalized spacial score (nSPS) is 11.6. The van der Waals surface area contributed by atoms with Crippen molar-refractivity contribution in [2.24, 2.45) is 0 Å². The van der Waals surface area contributed by atoms with E-state index in [0.29, 0.717) is 0 Å². The number of pyridine rings is 1. The highest BCUT2D eigenvalue weighted by atomic mass is 14.7. The number of hydrogen-bond acceptors (Lipinski definition) is 1. The van der Waals surface area contributed by atoms with Crippen LogP contribution in [0.5, 0.6) is 0 Å². The molecule has 1 aliphatic carbocycles. The summed E-state index contributed by atoms with van der Waals surface area (Å²) in [6.45, 7) is 8.43. The van der Waals surface area contributed by atoms with Crippen LogP contribution >= 0.6 is 0 Å². The summed E-state index contributed by atoms with van der Waals surface area (Å²) in [6.07, 6.45) is 0. The highest BCUT2D eigenvalue weighted by molar-refractivity contribution is 6.19. The maximum Gasteiger partial charge on any atom is 0.0790 e. The quantitative estimate of drug-likeness (QED) is 0.343. The second-order valence-electron chi connectivity index (χ2n) is 7.03. The van der Waals surface area contributed by atoms with Crippen LogP contribution < -0.4 is 0 Å². The lowest BCUT2D eigenvalue weighted by Crippen LogP contribution is -1.99. The second-order valence-corrected chi connectivity index (χ2v) is 7.03. The zero-order valence-corrected chi connectivity index (χ0v) is 15.0. The van der Waals surface area contributed by atoms with Crippen molar-refractivity contribution >= 4 is 16.3 Å². The fraction of sp³-hybridized carbons (Fsp3) is 0.0800. The lowest BCUT2D eigenvalue weighted by molar-refractivity contribution is 1.19. The highest BCUT2D eigenvalue weighted by Gasteiger charge is 2.29. The molecule has 1 aliphatic rings. The van der Waals surface area contributed by atoms with E-state index in [1.807, 2.05) is 6.07 Å². The van der Waals surface area contributed by atoms with E-state index >= 15 is 0 Å². The summed E-state index contributed by atoms with van der Waals surface area (Å²) < 4.78 is 0. The molecule has 0 aliphatic heterocycles. The van der Waals surface area contributed by atoms with Crippen molar-refractivity contribution in [3.8, 4) is 33.5 Å². The molecule has 0 amide bonds. The smallest absolute Gasteiger partial charge is 0.0790 e. The Kier molecular flexibility index (Phi) is 3.14. The predicted molar refractivity (Wildman–Crippen MR) is 111 cm³/mol. The van der Waals surface area contributed by atoms with Crippen LogP contribution in [0.3, 0.4) is 0 Å². The van der Waals surface area contributed by atoms with Crippen LogP contribution in [0.15, 0.2) is 73.3 Å². The molecule has 0 bridgehead atoms. The Hall–Kier alpha value is -3.19. The third-order valence-corrected chi connectivity index (χ3v) is 5.30. The fourth-order valence-electron chi connectivity index (χ4n) is 4.32. The van der Waals surface area contributed by atoms with Crippen molar-refractivity contribution in [2.45, 2.75) is 13.8 Å². The van der Waals surface area contributed by atoms with Crippen LogP contribution in [0.25, 0.3) is 49.9 Å². The molecule has 1 aromatic heterocycles. The van der Waals surface area contributed by atoms with Gasteiger partial charge in [0.1, 0.15) is 0 Å². The average molecular weight is 333 g/mol. The van der Waals surface area contributed by atoms with Crippen LogP contribution in [0.2, 0.25) is 0 Å². The van der Waals surface area contributed by atoms with Gasteiger partial charge >= 0.3 is 0 Å². The van der Waals surface area contributed by atoms with Gasteiger partial charge < -0.3 is 0 Å². The maximum atomic E-state index is 5.05. The van der Waals surface area contributed by atoms with Gasteiger partial charge in [-0.05, 0) is 41.3 Å². The van der Waals surface area contributed by atoms with Gasteiger partial charge in [0.15, 0.2) is 0 Å². The predicted octanol–water partition coefficient (Wildman–Crippen LogP) is 6.89. The molecule has 0 unspecified atom stereocenters. The summed E-state index contributed by atoms with van der Waals surface area (Å²) in [5, 5.41) is 2.61. The lowest BCUT2D eigenvalue weighted by Gasteiger charge is -2.17. The average Bonchev–Trinajstić information content (AvgIpc) is 2.98. The van der Waals surface area contributed by atoms with Crippen molar-refractivity contribution < 1.29 is 0 Å². The van der Waals surface area contributed by atoms with E-state index < -0.39 is 0 Å². The van der Waals surface area contributed by atoms with Crippen molar-refractivity contribution in [1.82, 2.24) is 4.98 Å². The molecule has 5 rings (SSSR count). The molecule has 26 heavy (non-hydrogen) atoms. The van der Waals surface area contributed by atoms with E-state index in [1.165, 1.54) is 38.6 Å². The standard InChI is InChI=1S/C25H19N/c1-15(2)21-16(3)26-25(18-9-5-4-6-10-18)24-20-14-8-12-17-11-7-13-19(22(17)20)23(21)24/h4-14H,1H2,2-3H3. The fourth-order valence-corrected chi connectivity index (χ4v) is 4.32. The molecule has 0 spiro atoms. The van der Waals surface area contributed by atoms with Crippen molar-refractivity contribution in [3.05, 3.63) is 84.6 Å². The summed E-state index contributed by atoms with van der Waals surface area (Å²) in [5.74, 6) is 0. The van der Waals surface area contributed by atoms with Crippen molar-refractivity contribution in [2.75, 3.05) is 0 Å². The van der Waals surface area contributed by atoms with E-state index in [2.05, 4.69) is 81.1 Å². The first-order chi connectivity index (χ1) is 12.7. The number of fused-ring (bicyclic) bond motifs is 3. The van der Waals surface area contributed by atoms with Crippen LogP contribution in [-0.4, -0.2) is 4.98 Å². The lowest BCUT2D eigenvalue weighted by atomic mass is 9.91. The maximum absolute atomic E-state index is 5.05. The molecule has 0 N–H and O–H groups in total. The molecule has 1 heterocycles. The minimum absolute atomic E-state index is 1.04. The third kappa shape index (κ3) is 1.94. The molecule has 4 aromatic rings. The Morgan fingerprint density at radius 3 is 2.12 bits per heavy atom. The van der Waals surface area contributed by atoms with Gasteiger partial charge in [0.05, 0.1) is 5.69 Å². The summed E-state index contributed by atoms with van der Waals surface area (Å²) in [7, 11) is 0. The van der Waals surface area contributed by atoms with E-state index in [-0.39, 0.29) is 0 Å². The van der Waals surface area contributed by atoms with Crippen LogP contribution in [0.4, 0.5) is 0 Å². The molecule has 0 saturated heterocycles. The zero-order valence-electron chi connectivity index (χ0n) is 15.0. The van der Waals surface area contributed by atoms with E-state index in [1.54, 1.807) is 0 Å². The molecule has 3 aromatic carbocycles. The summed E-state index contributed by atoms with van der Waals surface area (Å²) in [5.41, 5.74) is 10.6. The first-order valence-corrected chi connectivity index (χ1v) is 8.95. The molecule has 1 heteroatoms. The molecule has 0 saturated carbocycles. The van der Waals surface area contributed by atoms with Gasteiger partial charge in [-0.15, -0.1) is 0 Å². The first-order valence-electron chi connectivity index (χ1n) is 8.95. The summed E-state index contributed by atoms with van der Waals surface area (Å²) >= 11 is 0. The Morgan fingerprint density at radius 2 is 1.46 bits per heavy atom. The van der Waals surface area contributed by atoms with Gasteiger partial charge in [0.2, 0.25) is 0 Å². The zero-order chi connectivity index (χ0) is 17.8. The largest absolute Gasteiger partial charge is 0.252 e. The van der Waals surface area contributed by atoms with Crippen LogP contribution in [-0.2, 0) is 0 Å². The van der Waals surface area contributed by atoms with Gasteiger partial charge in [0, 0.05) is 27.9 Å². The van der Waals surface area contributed by atoms with E-state index in [4.69, 9.17) is 4.98 Å². The number of benzene rings is 3. The van der Waals surface area contributed by atoms with Crippen LogP contribution in [0.1, 0.15) is 18.2 Å². The van der Waals surface area contributed by atoms with Crippen molar-refractivity contribution in [1.29, 1.82) is 0 Å². The van der Waals surface area contributed by atoms with Crippen LogP contribution in [0, 0.1) is 6.92 Å². The monoisotopic (exact) mass is 333 g/mol. The Balaban J connectivity index is 2.01. The van der Waals surface area contributed by atoms with Gasteiger partial charge in [-0.2, -0.15) is 0 Å². The second kappa shape index (κ2) is 5.40. The minimum atomic E-state index is 1.04. The highest BCUT2D eigenvalue weighted by Crippen LogP contribution is 2.53. The van der Waals surface area contributed by atoms with Gasteiger partial charge in [-0.1, -0.05) is 73.3 Å². The molecular formula is C25H19N. The van der Waals surface area contributed by atoms with Gasteiger partial charge in [-0.25, -0.2) is 0 Å². The van der Waals surface area contributed by atoms with E-state index in [9.17, 15) is 0 Å². The Morgan fingerprint density at radius 1 is 0.808 bits per heavy atom. The molecule has 124 valence electrons. The Labute approximate surface area is 153 Å². The molecular weight excluding hydrogens is 314 g/mol. The summed E-state index contributed by atoms with van der Waals surface area (Å²) in [6, 6.07) is 23.6. The van der Waals surface area contributed by atoms with Gasteiger partial charge in [0.25, 0.3) is 0 Å². The number of rotatable bonds is 2. The van der Waals surface area contributed by atoms with E-state index in [0.717, 1.165) is 22.5 Å². The molecule has 0 fully saturated rings.